The molecule has 4 heteroatoms. The van der Waals surface area contributed by atoms with Gasteiger partial charge in [-0.3, -0.25) is 4.98 Å². The molecule has 3 rings (SSSR count). The van der Waals surface area contributed by atoms with Crippen LogP contribution in [0.5, 0.6) is 0 Å². The molecule has 0 aliphatic carbocycles. The summed E-state index contributed by atoms with van der Waals surface area (Å²) in [5.74, 6) is -0.289. The smallest absolute Gasteiger partial charge is 0.338 e. The fourth-order valence-corrected chi connectivity index (χ4v) is 2.07. The fourth-order valence-electron chi connectivity index (χ4n) is 2.07. The Morgan fingerprint density at radius 2 is 2.28 bits per heavy atom. The lowest BCUT2D eigenvalue weighted by Crippen LogP contribution is -2.04. The van der Waals surface area contributed by atoms with E-state index in [0.717, 1.165) is 16.4 Å². The van der Waals surface area contributed by atoms with Crippen molar-refractivity contribution in [1.29, 1.82) is 0 Å². The van der Waals surface area contributed by atoms with Gasteiger partial charge in [0.1, 0.15) is 0 Å². The number of benzene rings is 1. The molecule has 3 aromatic rings. The monoisotopic (exact) mass is 240 g/mol. The molecular weight excluding hydrogens is 228 g/mol. The highest BCUT2D eigenvalue weighted by Crippen LogP contribution is 2.21. The summed E-state index contributed by atoms with van der Waals surface area (Å²) in [6.07, 6.45) is 5.40. The molecule has 0 amide bonds. The Bertz CT molecular complexity index is 731. The summed E-state index contributed by atoms with van der Waals surface area (Å²) in [7, 11) is 0. The first-order chi connectivity index (χ1) is 8.79. The van der Waals surface area contributed by atoms with Gasteiger partial charge in [-0.15, -0.1) is 0 Å². The first-order valence-corrected chi connectivity index (χ1v) is 5.81. The second-order valence-corrected chi connectivity index (χ2v) is 4.01. The van der Waals surface area contributed by atoms with Gasteiger partial charge in [-0.05, 0) is 25.1 Å². The Hall–Kier alpha value is -2.36. The predicted molar refractivity (Wildman–Crippen MR) is 68.7 cm³/mol. The molecule has 0 radical (unpaired) electrons. The van der Waals surface area contributed by atoms with Crippen LogP contribution in [0.15, 0.2) is 42.9 Å². The lowest BCUT2D eigenvalue weighted by molar-refractivity contribution is 0.0526. The fraction of sp³-hybridized carbons (Fsp3) is 0.143. The molecular formula is C14H12N2O2. The Kier molecular flexibility index (Phi) is 2.48. The van der Waals surface area contributed by atoms with Crippen molar-refractivity contribution in [2.45, 2.75) is 6.92 Å². The van der Waals surface area contributed by atoms with Gasteiger partial charge in [0, 0.05) is 17.8 Å². The van der Waals surface area contributed by atoms with Crippen molar-refractivity contribution in [1.82, 2.24) is 9.38 Å². The van der Waals surface area contributed by atoms with Crippen LogP contribution in [0.25, 0.3) is 16.4 Å². The van der Waals surface area contributed by atoms with E-state index in [1.165, 1.54) is 0 Å². The number of ether oxygens (including phenoxy) is 1. The van der Waals surface area contributed by atoms with E-state index in [4.69, 9.17) is 4.74 Å². The summed E-state index contributed by atoms with van der Waals surface area (Å²) in [6, 6.07) is 7.60. The van der Waals surface area contributed by atoms with Crippen LogP contribution in [0, 0.1) is 0 Å². The summed E-state index contributed by atoms with van der Waals surface area (Å²) >= 11 is 0. The molecule has 0 N–H and O–H groups in total. The molecule has 1 aromatic carbocycles. The molecule has 2 aromatic heterocycles. The highest BCUT2D eigenvalue weighted by Gasteiger charge is 2.09. The first kappa shape index (κ1) is 10.8. The topological polar surface area (TPSA) is 43.6 Å². The molecule has 0 aliphatic heterocycles. The number of carbonyl (C=O) groups excluding carboxylic acids is 1. The van der Waals surface area contributed by atoms with Crippen LogP contribution in [0.4, 0.5) is 0 Å². The molecule has 0 saturated carbocycles. The summed E-state index contributed by atoms with van der Waals surface area (Å²) in [5, 5.41) is 1.08. The van der Waals surface area contributed by atoms with Crippen LogP contribution < -0.4 is 0 Å². The van der Waals surface area contributed by atoms with Crippen LogP contribution in [-0.2, 0) is 4.74 Å². The van der Waals surface area contributed by atoms with Crippen molar-refractivity contribution in [2.75, 3.05) is 6.61 Å². The zero-order valence-corrected chi connectivity index (χ0v) is 9.96. The minimum atomic E-state index is -0.289. The molecule has 4 nitrogen and oxygen atoms in total. The lowest BCUT2D eigenvalue weighted by atomic mass is 10.1. The standard InChI is InChI=1S/C14H12N2O2/c1-2-18-14(17)11-4-3-10-7-12-9-15-5-6-16(12)13(10)8-11/h3-9H,2H2,1H3. The molecule has 0 fully saturated rings. The third-order valence-corrected chi connectivity index (χ3v) is 2.89. The first-order valence-electron chi connectivity index (χ1n) is 5.81. The number of rotatable bonds is 2. The lowest BCUT2D eigenvalue weighted by Gasteiger charge is -2.02. The number of carbonyl (C=O) groups is 1. The van der Waals surface area contributed by atoms with Crippen molar-refractivity contribution in [3.05, 3.63) is 48.4 Å². The number of aromatic nitrogens is 2. The van der Waals surface area contributed by atoms with Gasteiger partial charge in [0.25, 0.3) is 0 Å². The molecule has 2 heterocycles. The van der Waals surface area contributed by atoms with Crippen molar-refractivity contribution < 1.29 is 9.53 Å². The second kappa shape index (κ2) is 4.14. The summed E-state index contributed by atoms with van der Waals surface area (Å²) < 4.78 is 7.01. The van der Waals surface area contributed by atoms with E-state index in [9.17, 15) is 4.79 Å². The van der Waals surface area contributed by atoms with E-state index in [1.54, 1.807) is 25.4 Å². The van der Waals surface area contributed by atoms with Crippen molar-refractivity contribution in [2.24, 2.45) is 0 Å². The Balaban J connectivity index is 2.21. The zero-order chi connectivity index (χ0) is 12.5. The third kappa shape index (κ3) is 1.62. The third-order valence-electron chi connectivity index (χ3n) is 2.89. The van der Waals surface area contributed by atoms with Crippen LogP contribution in [-0.4, -0.2) is 22.0 Å². The van der Waals surface area contributed by atoms with Gasteiger partial charge in [0.2, 0.25) is 0 Å². The number of fused-ring (bicyclic) bond motifs is 3. The Labute approximate surface area is 104 Å². The maximum absolute atomic E-state index is 11.7. The minimum absolute atomic E-state index is 0.289. The van der Waals surface area contributed by atoms with E-state index in [2.05, 4.69) is 4.98 Å². The number of nitrogens with zero attached hydrogens (tertiary/aromatic N) is 2. The second-order valence-electron chi connectivity index (χ2n) is 4.01. The van der Waals surface area contributed by atoms with Gasteiger partial charge in [-0.1, -0.05) is 6.07 Å². The molecule has 0 saturated heterocycles. The predicted octanol–water partition coefficient (Wildman–Crippen LogP) is 2.66. The van der Waals surface area contributed by atoms with Crippen LogP contribution in [0.3, 0.4) is 0 Å². The van der Waals surface area contributed by atoms with Crippen LogP contribution in [0.2, 0.25) is 0 Å². The van der Waals surface area contributed by atoms with Crippen molar-refractivity contribution >= 4 is 22.4 Å². The minimum Gasteiger partial charge on any atom is -0.462 e. The van der Waals surface area contributed by atoms with Gasteiger partial charge in [-0.2, -0.15) is 0 Å². The average Bonchev–Trinajstić information content (AvgIpc) is 2.76. The molecule has 0 atom stereocenters. The molecule has 0 aliphatic rings. The number of esters is 1. The highest BCUT2D eigenvalue weighted by molar-refractivity contribution is 5.96. The summed E-state index contributed by atoms with van der Waals surface area (Å²) in [5.41, 5.74) is 2.56. The summed E-state index contributed by atoms with van der Waals surface area (Å²) in [4.78, 5) is 15.8. The van der Waals surface area contributed by atoms with E-state index in [0.29, 0.717) is 12.2 Å². The summed E-state index contributed by atoms with van der Waals surface area (Å²) in [6.45, 7) is 2.18. The van der Waals surface area contributed by atoms with Crippen molar-refractivity contribution in [3.63, 3.8) is 0 Å². The Morgan fingerprint density at radius 1 is 1.39 bits per heavy atom. The SMILES string of the molecule is CCOC(=O)c1ccc2cc3cnccn3c2c1. The van der Waals surface area contributed by atoms with E-state index >= 15 is 0 Å². The van der Waals surface area contributed by atoms with Crippen LogP contribution >= 0.6 is 0 Å². The molecule has 0 bridgehead atoms. The molecule has 90 valence electrons. The van der Waals surface area contributed by atoms with E-state index < -0.39 is 0 Å². The quantitative estimate of drug-likeness (QED) is 0.647. The molecule has 0 unspecified atom stereocenters. The largest absolute Gasteiger partial charge is 0.462 e. The van der Waals surface area contributed by atoms with Gasteiger partial charge in [-0.25, -0.2) is 4.79 Å². The average molecular weight is 240 g/mol. The number of hydrogen-bond donors (Lipinski definition) is 0. The normalized spacial score (nSPS) is 10.9. The number of hydrogen-bond acceptors (Lipinski definition) is 3. The van der Waals surface area contributed by atoms with E-state index in [-0.39, 0.29) is 5.97 Å². The van der Waals surface area contributed by atoms with Gasteiger partial charge < -0.3 is 9.14 Å². The van der Waals surface area contributed by atoms with Gasteiger partial charge in [0.15, 0.2) is 0 Å². The van der Waals surface area contributed by atoms with Crippen molar-refractivity contribution in [3.8, 4) is 0 Å². The maximum atomic E-state index is 11.7. The van der Waals surface area contributed by atoms with Gasteiger partial charge >= 0.3 is 5.97 Å². The van der Waals surface area contributed by atoms with Gasteiger partial charge in [0.05, 0.1) is 29.4 Å². The maximum Gasteiger partial charge on any atom is 0.338 e. The Morgan fingerprint density at radius 3 is 3.11 bits per heavy atom. The molecule has 18 heavy (non-hydrogen) atoms. The zero-order valence-electron chi connectivity index (χ0n) is 9.96. The molecule has 0 spiro atoms. The van der Waals surface area contributed by atoms with Crippen LogP contribution in [0.1, 0.15) is 17.3 Å². The van der Waals surface area contributed by atoms with E-state index in [1.807, 2.05) is 28.8 Å². The highest BCUT2D eigenvalue weighted by atomic mass is 16.5.